The number of phosphoric acid groups is 1. The maximum absolute atomic E-state index is 12.7. The number of carbonyl (C=O) groups is 2. The topological polar surface area (TPSA) is 134 Å². The Kier molecular flexibility index (Phi) is 65.3. The van der Waals surface area contributed by atoms with Crippen molar-refractivity contribution in [2.45, 2.75) is 405 Å². The van der Waals surface area contributed by atoms with Crippen LogP contribution in [0.5, 0.6) is 0 Å². The fourth-order valence-electron chi connectivity index (χ4n) is 11.2. The molecule has 0 bridgehead atoms. The summed E-state index contributed by atoms with van der Waals surface area (Å²) in [6.07, 6.45) is 78.0. The van der Waals surface area contributed by atoms with Gasteiger partial charge < -0.3 is 20.1 Å². The Bertz CT molecular complexity index is 1250. The molecule has 3 N–H and O–H groups in total. The normalized spacial score (nSPS) is 12.8. The van der Waals surface area contributed by atoms with Crippen LogP contribution in [0.15, 0.2) is 0 Å². The lowest BCUT2D eigenvalue weighted by atomic mass is 10.0. The molecule has 0 aliphatic rings. The van der Waals surface area contributed by atoms with Gasteiger partial charge in [-0.3, -0.25) is 18.6 Å². The standard InChI is InChI=1S/C69H138NO8P/c1-3-5-7-9-11-13-15-17-19-21-23-24-25-26-27-28-29-30-31-32-33-34-35-36-37-38-39-40-41-42-44-46-48-50-52-54-56-58-60-62-69(72)78-67(66-77-79(73,74)76-64-63-70)65-75-68(71)61-59-57-55-53-51-49-47-45-43-22-20-18-16-14-12-10-8-6-4-2/h67H,3-66,70H2,1-2H3,(H,73,74). The average Bonchev–Trinajstić information content (AvgIpc) is 3.44. The number of unbranched alkanes of at least 4 members (excludes halogenated alkanes) is 56. The first-order chi connectivity index (χ1) is 38.8. The van der Waals surface area contributed by atoms with Crippen molar-refractivity contribution in [3.63, 3.8) is 0 Å². The predicted molar refractivity (Wildman–Crippen MR) is 340 cm³/mol. The van der Waals surface area contributed by atoms with Gasteiger partial charge in [-0.2, -0.15) is 0 Å². The SMILES string of the molecule is CCCCCCCCCCCCCCCCCCCCCCCCCCCCCCCCCCCCCCCCCC(=O)OC(COC(=O)CCCCCCCCCCCCCCCCCCCCC)COP(=O)(O)OCCN. The number of hydrogen-bond acceptors (Lipinski definition) is 8. The van der Waals surface area contributed by atoms with Crippen molar-refractivity contribution in [3.05, 3.63) is 0 Å². The molecule has 0 spiro atoms. The number of esters is 2. The van der Waals surface area contributed by atoms with E-state index in [1.54, 1.807) is 0 Å². The maximum atomic E-state index is 12.7. The van der Waals surface area contributed by atoms with Crippen LogP contribution in [0.25, 0.3) is 0 Å². The third-order valence-electron chi connectivity index (χ3n) is 16.5. The third kappa shape index (κ3) is 66.0. The van der Waals surface area contributed by atoms with Gasteiger partial charge in [-0.15, -0.1) is 0 Å². The predicted octanol–water partition coefficient (Wildman–Crippen LogP) is 23.0. The molecule has 0 aromatic carbocycles. The summed E-state index contributed by atoms with van der Waals surface area (Å²) in [5, 5.41) is 0. The van der Waals surface area contributed by atoms with E-state index in [1.165, 1.54) is 334 Å². The molecular weight excluding hydrogens is 1000 g/mol. The molecule has 0 fully saturated rings. The molecule has 0 aliphatic heterocycles. The van der Waals surface area contributed by atoms with E-state index in [-0.39, 0.29) is 38.6 Å². The Labute approximate surface area is 492 Å². The van der Waals surface area contributed by atoms with Crippen molar-refractivity contribution in [1.29, 1.82) is 0 Å². The van der Waals surface area contributed by atoms with E-state index < -0.39 is 26.5 Å². The Morgan fingerprint density at radius 1 is 0.329 bits per heavy atom. The second-order valence-corrected chi connectivity index (χ2v) is 25.9. The molecule has 0 amide bonds. The van der Waals surface area contributed by atoms with E-state index >= 15 is 0 Å². The fourth-order valence-corrected chi connectivity index (χ4v) is 12.0. The van der Waals surface area contributed by atoms with Gasteiger partial charge >= 0.3 is 19.8 Å². The van der Waals surface area contributed by atoms with Gasteiger partial charge in [-0.1, -0.05) is 373 Å². The van der Waals surface area contributed by atoms with Crippen LogP contribution in [-0.2, 0) is 32.7 Å². The highest BCUT2D eigenvalue weighted by molar-refractivity contribution is 7.47. The van der Waals surface area contributed by atoms with Gasteiger partial charge in [-0.25, -0.2) is 4.57 Å². The van der Waals surface area contributed by atoms with E-state index in [1.807, 2.05) is 0 Å². The lowest BCUT2D eigenvalue weighted by Crippen LogP contribution is -2.29. The van der Waals surface area contributed by atoms with Crippen LogP contribution in [0.2, 0.25) is 0 Å². The highest BCUT2D eigenvalue weighted by atomic mass is 31.2. The van der Waals surface area contributed by atoms with Crippen LogP contribution in [0.1, 0.15) is 399 Å². The van der Waals surface area contributed by atoms with Crippen molar-refractivity contribution >= 4 is 19.8 Å². The van der Waals surface area contributed by atoms with Crippen molar-refractivity contribution in [3.8, 4) is 0 Å². The molecule has 0 aromatic heterocycles. The minimum atomic E-state index is -4.38. The Hall–Kier alpha value is -0.990. The van der Waals surface area contributed by atoms with Crippen molar-refractivity contribution in [1.82, 2.24) is 0 Å². The molecule has 2 unspecified atom stereocenters. The summed E-state index contributed by atoms with van der Waals surface area (Å²) in [7, 11) is -4.38. The third-order valence-corrected chi connectivity index (χ3v) is 17.5. The van der Waals surface area contributed by atoms with E-state index in [4.69, 9.17) is 24.3 Å². The van der Waals surface area contributed by atoms with Crippen molar-refractivity contribution in [2.75, 3.05) is 26.4 Å². The molecule has 0 rings (SSSR count). The van der Waals surface area contributed by atoms with E-state index in [9.17, 15) is 19.0 Å². The molecule has 79 heavy (non-hydrogen) atoms. The number of ether oxygens (including phenoxy) is 2. The molecular formula is C69H138NO8P. The van der Waals surface area contributed by atoms with Gasteiger partial charge in [0.25, 0.3) is 0 Å². The molecule has 2 atom stereocenters. The second kappa shape index (κ2) is 66.2. The van der Waals surface area contributed by atoms with Crippen molar-refractivity contribution in [2.24, 2.45) is 5.73 Å². The van der Waals surface area contributed by atoms with Gasteiger partial charge in [0, 0.05) is 19.4 Å². The fraction of sp³-hybridized carbons (Fsp3) is 0.971. The van der Waals surface area contributed by atoms with Gasteiger partial charge in [0.1, 0.15) is 6.61 Å². The minimum Gasteiger partial charge on any atom is -0.462 e. The average molecular weight is 1140 g/mol. The summed E-state index contributed by atoms with van der Waals surface area (Å²) >= 11 is 0. The van der Waals surface area contributed by atoms with Crippen LogP contribution in [0.3, 0.4) is 0 Å². The molecule has 0 aliphatic carbocycles. The lowest BCUT2D eigenvalue weighted by Gasteiger charge is -2.19. The van der Waals surface area contributed by atoms with Crippen LogP contribution in [0.4, 0.5) is 0 Å². The van der Waals surface area contributed by atoms with E-state index in [2.05, 4.69) is 13.8 Å². The van der Waals surface area contributed by atoms with E-state index in [0.717, 1.165) is 32.1 Å². The molecule has 0 radical (unpaired) electrons. The highest BCUT2D eigenvalue weighted by Crippen LogP contribution is 2.43. The zero-order valence-corrected chi connectivity index (χ0v) is 54.1. The number of hydrogen-bond donors (Lipinski definition) is 2. The Morgan fingerprint density at radius 3 is 0.772 bits per heavy atom. The summed E-state index contributed by atoms with van der Waals surface area (Å²) in [6, 6.07) is 0. The lowest BCUT2D eigenvalue weighted by molar-refractivity contribution is -0.161. The molecule has 0 aromatic rings. The summed E-state index contributed by atoms with van der Waals surface area (Å²) in [4.78, 5) is 35.3. The highest BCUT2D eigenvalue weighted by Gasteiger charge is 2.26. The Morgan fingerprint density at radius 2 is 0.544 bits per heavy atom. The smallest absolute Gasteiger partial charge is 0.462 e. The zero-order chi connectivity index (χ0) is 57.3. The van der Waals surface area contributed by atoms with Crippen LogP contribution in [0, 0.1) is 0 Å². The van der Waals surface area contributed by atoms with Crippen LogP contribution >= 0.6 is 7.82 Å². The minimum absolute atomic E-state index is 0.0587. The Balaban J connectivity index is 3.71. The monoisotopic (exact) mass is 1140 g/mol. The summed E-state index contributed by atoms with van der Waals surface area (Å²) in [5.41, 5.74) is 5.40. The number of carbonyl (C=O) groups excluding carboxylic acids is 2. The van der Waals surface area contributed by atoms with Crippen molar-refractivity contribution < 1.29 is 37.6 Å². The number of rotatable bonds is 69. The number of phosphoric ester groups is 1. The summed E-state index contributed by atoms with van der Waals surface area (Å²) in [6.45, 7) is 3.84. The second-order valence-electron chi connectivity index (χ2n) is 24.5. The van der Waals surface area contributed by atoms with Gasteiger partial charge in [0.2, 0.25) is 0 Å². The van der Waals surface area contributed by atoms with Crippen LogP contribution < -0.4 is 5.73 Å². The maximum Gasteiger partial charge on any atom is 0.472 e. The largest absolute Gasteiger partial charge is 0.472 e. The molecule has 0 heterocycles. The van der Waals surface area contributed by atoms with Gasteiger partial charge in [0.15, 0.2) is 6.10 Å². The first-order valence-electron chi connectivity index (χ1n) is 35.5. The number of nitrogens with two attached hydrogens (primary N) is 1. The molecule has 9 nitrogen and oxygen atoms in total. The van der Waals surface area contributed by atoms with Gasteiger partial charge in [-0.05, 0) is 12.8 Å². The summed E-state index contributed by atoms with van der Waals surface area (Å²) < 4.78 is 33.2. The quantitative estimate of drug-likeness (QED) is 0.0347. The molecule has 472 valence electrons. The molecule has 0 saturated heterocycles. The van der Waals surface area contributed by atoms with Gasteiger partial charge in [0.05, 0.1) is 13.2 Å². The zero-order valence-electron chi connectivity index (χ0n) is 53.2. The van der Waals surface area contributed by atoms with Crippen LogP contribution in [-0.4, -0.2) is 49.3 Å². The molecule has 10 heteroatoms. The first kappa shape index (κ1) is 78.0. The van der Waals surface area contributed by atoms with E-state index in [0.29, 0.717) is 6.42 Å². The molecule has 0 saturated carbocycles. The first-order valence-corrected chi connectivity index (χ1v) is 37.0. The summed E-state index contributed by atoms with van der Waals surface area (Å²) in [5.74, 6) is -0.799.